The maximum absolute atomic E-state index is 15.7. The van der Waals surface area contributed by atoms with Gasteiger partial charge < -0.3 is 15.1 Å². The number of halogens is 1. The van der Waals surface area contributed by atoms with Crippen molar-refractivity contribution in [1.29, 1.82) is 0 Å². The molecule has 28 heavy (non-hydrogen) atoms. The zero-order valence-electron chi connectivity index (χ0n) is 15.2. The first kappa shape index (κ1) is 18.0. The maximum atomic E-state index is 15.7. The van der Waals surface area contributed by atoms with Gasteiger partial charge >= 0.3 is 0 Å². The van der Waals surface area contributed by atoms with Crippen LogP contribution in [-0.2, 0) is 6.54 Å². The van der Waals surface area contributed by atoms with Crippen molar-refractivity contribution in [1.82, 2.24) is 4.90 Å². The first-order valence-electron chi connectivity index (χ1n) is 9.08. The Morgan fingerprint density at radius 2 is 1.50 bits per heavy atom. The topological polar surface area (TPSA) is 43.7 Å². The Labute approximate surface area is 163 Å². The molecule has 0 amide bonds. The van der Waals surface area contributed by atoms with Crippen LogP contribution in [0.5, 0.6) is 0 Å². The maximum Gasteiger partial charge on any atom is 0.185 e. The Hall–Kier alpha value is -3.37. The first-order valence-corrected chi connectivity index (χ1v) is 9.08. The molecule has 0 radical (unpaired) electrons. The number of allylic oxidation sites excluding steroid dienone is 2. The largest absolute Gasteiger partial charge is 0.508 e. The molecule has 1 heterocycles. The Morgan fingerprint density at radius 3 is 2.18 bits per heavy atom. The quantitative estimate of drug-likeness (QED) is 0.656. The van der Waals surface area contributed by atoms with Crippen molar-refractivity contribution >= 4 is 0 Å². The summed E-state index contributed by atoms with van der Waals surface area (Å²) in [6.07, 6.45) is 3.50. The van der Waals surface area contributed by atoms with Gasteiger partial charge in [-0.1, -0.05) is 72.8 Å². The lowest BCUT2D eigenvalue weighted by Gasteiger charge is -2.28. The fourth-order valence-corrected chi connectivity index (χ4v) is 3.41. The average Bonchev–Trinajstić information content (AvgIpc) is 2.74. The molecule has 0 fully saturated rings. The highest BCUT2D eigenvalue weighted by atomic mass is 19.1. The molecule has 0 aromatic heterocycles. The lowest BCUT2D eigenvalue weighted by molar-refractivity contribution is 0.0262. The van der Waals surface area contributed by atoms with Crippen molar-refractivity contribution in [3.63, 3.8) is 0 Å². The van der Waals surface area contributed by atoms with Gasteiger partial charge in [-0.15, -0.1) is 0 Å². The average molecular weight is 373 g/mol. The van der Waals surface area contributed by atoms with Crippen molar-refractivity contribution in [3.8, 4) is 22.3 Å². The van der Waals surface area contributed by atoms with Gasteiger partial charge in [0.25, 0.3) is 0 Å². The zero-order chi connectivity index (χ0) is 19.5. The molecule has 0 bridgehead atoms. The van der Waals surface area contributed by atoms with E-state index in [-0.39, 0.29) is 18.1 Å². The predicted octanol–water partition coefficient (Wildman–Crippen LogP) is 5.25. The van der Waals surface area contributed by atoms with Gasteiger partial charge in [0.2, 0.25) is 0 Å². The van der Waals surface area contributed by atoms with Crippen LogP contribution < -0.4 is 0 Å². The van der Waals surface area contributed by atoms with E-state index in [1.807, 2.05) is 66.7 Å². The van der Waals surface area contributed by atoms with Crippen LogP contribution in [0.1, 0.15) is 5.56 Å². The predicted molar refractivity (Wildman–Crippen MR) is 109 cm³/mol. The SMILES string of the molecule is OC1=CC=CN(Cc2ccc(-c3ccccc3)c(-c3ccccc3)c2F)C1O. The number of hydrogen-bond donors (Lipinski definition) is 2. The van der Waals surface area contributed by atoms with Gasteiger partial charge in [0.05, 0.1) is 0 Å². The fraction of sp³-hybridized carbons (Fsp3) is 0.0833. The summed E-state index contributed by atoms with van der Waals surface area (Å²) < 4.78 is 15.7. The summed E-state index contributed by atoms with van der Waals surface area (Å²) in [4.78, 5) is 1.49. The van der Waals surface area contributed by atoms with Crippen LogP contribution in [0.4, 0.5) is 4.39 Å². The Kier molecular flexibility index (Phi) is 4.96. The summed E-state index contributed by atoms with van der Waals surface area (Å²) in [5, 5.41) is 19.9. The summed E-state index contributed by atoms with van der Waals surface area (Å²) >= 11 is 0. The molecule has 1 unspecified atom stereocenters. The first-order chi connectivity index (χ1) is 13.6. The second kappa shape index (κ2) is 7.71. The van der Waals surface area contributed by atoms with Crippen LogP contribution in [0.25, 0.3) is 22.3 Å². The zero-order valence-corrected chi connectivity index (χ0v) is 15.2. The van der Waals surface area contributed by atoms with Crippen molar-refractivity contribution < 1.29 is 14.6 Å². The molecular formula is C24H20FNO2. The van der Waals surface area contributed by atoms with Gasteiger partial charge in [0, 0.05) is 23.9 Å². The second-order valence-corrected chi connectivity index (χ2v) is 6.67. The van der Waals surface area contributed by atoms with Gasteiger partial charge in [-0.25, -0.2) is 4.39 Å². The van der Waals surface area contributed by atoms with Gasteiger partial charge in [0.15, 0.2) is 6.23 Å². The highest BCUT2D eigenvalue weighted by Crippen LogP contribution is 2.36. The number of aliphatic hydroxyl groups is 2. The van der Waals surface area contributed by atoms with Crippen LogP contribution in [-0.4, -0.2) is 21.3 Å². The molecule has 1 atom stereocenters. The Morgan fingerprint density at radius 1 is 0.857 bits per heavy atom. The second-order valence-electron chi connectivity index (χ2n) is 6.67. The number of benzene rings is 3. The minimum Gasteiger partial charge on any atom is -0.508 e. The van der Waals surface area contributed by atoms with E-state index in [2.05, 4.69) is 0 Å². The smallest absolute Gasteiger partial charge is 0.185 e. The van der Waals surface area contributed by atoms with E-state index in [0.29, 0.717) is 11.1 Å². The molecule has 4 rings (SSSR count). The third-order valence-corrected chi connectivity index (χ3v) is 4.85. The summed E-state index contributed by atoms with van der Waals surface area (Å²) in [5.41, 5.74) is 3.51. The monoisotopic (exact) mass is 373 g/mol. The van der Waals surface area contributed by atoms with E-state index < -0.39 is 6.23 Å². The van der Waals surface area contributed by atoms with E-state index in [0.717, 1.165) is 16.7 Å². The van der Waals surface area contributed by atoms with Crippen molar-refractivity contribution in [2.45, 2.75) is 12.8 Å². The summed E-state index contributed by atoms with van der Waals surface area (Å²) in [5.74, 6) is -0.491. The molecule has 140 valence electrons. The Balaban J connectivity index is 1.80. The minimum absolute atomic E-state index is 0.135. The number of hydrogen-bond acceptors (Lipinski definition) is 3. The molecule has 3 aromatic carbocycles. The molecule has 1 aliphatic rings. The minimum atomic E-state index is -1.18. The van der Waals surface area contributed by atoms with E-state index in [9.17, 15) is 10.2 Å². The number of nitrogens with zero attached hydrogens (tertiary/aromatic N) is 1. The molecule has 2 N–H and O–H groups in total. The Bertz CT molecular complexity index is 1030. The molecule has 0 aliphatic carbocycles. The summed E-state index contributed by atoms with van der Waals surface area (Å²) in [6.45, 7) is 0.135. The van der Waals surface area contributed by atoms with Gasteiger partial charge in [-0.2, -0.15) is 0 Å². The standard InChI is InChI=1S/C24H20FNO2/c25-23-19(16-26-15-7-12-21(27)24(26)28)13-14-20(17-8-3-1-4-9-17)22(23)18-10-5-2-6-11-18/h1-15,24,27-28H,16H2. The van der Waals surface area contributed by atoms with Crippen LogP contribution in [0.15, 0.2) is 96.9 Å². The molecular weight excluding hydrogens is 353 g/mol. The summed E-state index contributed by atoms with van der Waals surface area (Å²) in [7, 11) is 0. The van der Waals surface area contributed by atoms with Crippen molar-refractivity contribution in [2.75, 3.05) is 0 Å². The molecule has 0 saturated carbocycles. The summed E-state index contributed by atoms with van der Waals surface area (Å²) in [6, 6.07) is 22.8. The van der Waals surface area contributed by atoms with E-state index in [1.165, 1.54) is 11.0 Å². The van der Waals surface area contributed by atoms with Crippen LogP contribution >= 0.6 is 0 Å². The van der Waals surface area contributed by atoms with Crippen LogP contribution in [0.3, 0.4) is 0 Å². The molecule has 1 aliphatic heterocycles. The highest BCUT2D eigenvalue weighted by Gasteiger charge is 2.22. The fourth-order valence-electron chi connectivity index (χ4n) is 3.41. The third-order valence-electron chi connectivity index (χ3n) is 4.85. The normalized spacial score (nSPS) is 16.1. The van der Waals surface area contributed by atoms with Crippen LogP contribution in [0.2, 0.25) is 0 Å². The number of rotatable bonds is 4. The van der Waals surface area contributed by atoms with E-state index in [4.69, 9.17) is 0 Å². The lowest BCUT2D eigenvalue weighted by Crippen LogP contribution is -2.33. The highest BCUT2D eigenvalue weighted by molar-refractivity contribution is 5.84. The van der Waals surface area contributed by atoms with E-state index in [1.54, 1.807) is 18.3 Å². The van der Waals surface area contributed by atoms with Gasteiger partial charge in [-0.05, 0) is 28.8 Å². The molecule has 0 saturated heterocycles. The number of aliphatic hydroxyl groups excluding tert-OH is 2. The molecule has 3 nitrogen and oxygen atoms in total. The third kappa shape index (κ3) is 3.42. The van der Waals surface area contributed by atoms with E-state index >= 15 is 4.39 Å². The molecule has 3 aromatic rings. The van der Waals surface area contributed by atoms with Crippen molar-refractivity contribution in [3.05, 3.63) is 108 Å². The van der Waals surface area contributed by atoms with Crippen molar-refractivity contribution in [2.24, 2.45) is 0 Å². The van der Waals surface area contributed by atoms with Crippen LogP contribution in [0, 0.1) is 5.82 Å². The lowest BCUT2D eigenvalue weighted by atomic mass is 9.92. The molecule has 4 heteroatoms. The van der Waals surface area contributed by atoms with Gasteiger partial charge in [0.1, 0.15) is 11.6 Å². The molecule has 0 spiro atoms. The van der Waals surface area contributed by atoms with Gasteiger partial charge in [-0.3, -0.25) is 0 Å².